The number of halogens is 1. The molecule has 3 rings (SSSR count). The number of benzene rings is 1. The first kappa shape index (κ1) is 18.3. The van der Waals surface area contributed by atoms with E-state index in [1.54, 1.807) is 19.9 Å². The Morgan fingerprint density at radius 3 is 2.88 bits per heavy atom. The first-order valence-corrected chi connectivity index (χ1v) is 8.95. The molecule has 0 aromatic heterocycles. The number of carbonyl (C=O) groups is 1. The third-order valence-electron chi connectivity index (χ3n) is 4.41. The van der Waals surface area contributed by atoms with Crippen LogP contribution >= 0.6 is 11.6 Å². The molecule has 2 aliphatic rings. The van der Waals surface area contributed by atoms with E-state index < -0.39 is 17.8 Å². The molecule has 0 bridgehead atoms. The number of alkyl halides is 1. The van der Waals surface area contributed by atoms with E-state index in [-0.39, 0.29) is 12.5 Å². The van der Waals surface area contributed by atoms with E-state index in [1.165, 1.54) is 0 Å². The van der Waals surface area contributed by atoms with E-state index in [0.29, 0.717) is 47.3 Å². The molecular weight excluding hydrogens is 356 g/mol. The average Bonchev–Trinajstić information content (AvgIpc) is 2.66. The summed E-state index contributed by atoms with van der Waals surface area (Å²) in [7, 11) is 0. The quantitative estimate of drug-likeness (QED) is 0.597. The van der Waals surface area contributed by atoms with Crippen molar-refractivity contribution in [3.05, 3.63) is 35.0 Å². The molecular formula is C19H19ClN2O4. The lowest BCUT2D eigenvalue weighted by Crippen LogP contribution is -2.31. The number of fused-ring (bicyclic) bond motifs is 1. The van der Waals surface area contributed by atoms with Crippen LogP contribution in [-0.4, -0.2) is 37.4 Å². The molecule has 7 heteroatoms. The Morgan fingerprint density at radius 2 is 2.19 bits per heavy atom. The van der Waals surface area contributed by atoms with Gasteiger partial charge in [0.2, 0.25) is 0 Å². The molecule has 0 saturated heterocycles. The molecule has 1 aromatic carbocycles. The fraction of sp³-hybridized carbons (Fsp3) is 0.421. The molecule has 0 amide bonds. The number of aliphatic imine (C=N–C) groups is 1. The number of nitriles is 1. The monoisotopic (exact) mass is 374 g/mol. The number of allylic oxidation sites excluding steroid dienone is 1. The predicted molar refractivity (Wildman–Crippen MR) is 96.8 cm³/mol. The van der Waals surface area contributed by atoms with Gasteiger partial charge in [-0.1, -0.05) is 12.1 Å². The van der Waals surface area contributed by atoms with Crippen LogP contribution < -0.4 is 9.47 Å². The summed E-state index contributed by atoms with van der Waals surface area (Å²) in [6.45, 7) is 4.58. The fourth-order valence-electron chi connectivity index (χ4n) is 3.33. The average molecular weight is 375 g/mol. The Morgan fingerprint density at radius 1 is 1.42 bits per heavy atom. The summed E-state index contributed by atoms with van der Waals surface area (Å²) in [5.74, 6) is -0.526. The highest BCUT2D eigenvalue weighted by molar-refractivity contribution is 6.20. The van der Waals surface area contributed by atoms with Crippen LogP contribution in [0.5, 0.6) is 11.5 Å². The Labute approximate surface area is 157 Å². The molecule has 0 fully saturated rings. The highest BCUT2D eigenvalue weighted by Gasteiger charge is 2.40. The summed E-state index contributed by atoms with van der Waals surface area (Å²) in [6, 6.07) is 7.73. The maximum atomic E-state index is 12.7. The summed E-state index contributed by atoms with van der Waals surface area (Å²) in [6.07, 6.45) is 0. The second-order valence-electron chi connectivity index (χ2n) is 5.92. The van der Waals surface area contributed by atoms with E-state index in [9.17, 15) is 10.1 Å². The molecule has 0 spiro atoms. The lowest BCUT2D eigenvalue weighted by Gasteiger charge is -2.31. The summed E-state index contributed by atoms with van der Waals surface area (Å²) in [5, 5.41) is 9.78. The van der Waals surface area contributed by atoms with Crippen molar-refractivity contribution >= 4 is 23.3 Å². The number of carbonyl (C=O) groups excluding carboxylic acids is 1. The molecule has 1 aromatic rings. The lowest BCUT2D eigenvalue weighted by atomic mass is 9.76. The van der Waals surface area contributed by atoms with Crippen molar-refractivity contribution in [1.29, 1.82) is 5.26 Å². The molecule has 2 aliphatic heterocycles. The number of hydrogen-bond donors (Lipinski definition) is 0. The van der Waals surface area contributed by atoms with Crippen LogP contribution in [0.2, 0.25) is 0 Å². The molecule has 0 radical (unpaired) electrons. The second kappa shape index (κ2) is 7.79. The van der Waals surface area contributed by atoms with Gasteiger partial charge in [-0.3, -0.25) is 4.99 Å². The zero-order chi connectivity index (χ0) is 18.7. The summed E-state index contributed by atoms with van der Waals surface area (Å²) >= 11 is 6.06. The predicted octanol–water partition coefficient (Wildman–Crippen LogP) is 3.21. The maximum Gasteiger partial charge on any atom is 0.336 e. The van der Waals surface area contributed by atoms with Gasteiger partial charge in [-0.2, -0.15) is 5.26 Å². The van der Waals surface area contributed by atoms with Crippen molar-refractivity contribution in [2.75, 3.05) is 25.7 Å². The van der Waals surface area contributed by atoms with Crippen LogP contribution in [0.15, 0.2) is 34.5 Å². The number of esters is 1. The van der Waals surface area contributed by atoms with Crippen LogP contribution in [0.25, 0.3) is 0 Å². The van der Waals surface area contributed by atoms with Gasteiger partial charge in [0.1, 0.15) is 13.2 Å². The highest BCUT2D eigenvalue weighted by atomic mass is 35.5. The standard InChI is InChI=1S/C19H19ClN2O4/c1-3-24-19(23)17-14(9-20)22-11(2)13(10-21)16(17)12-5-4-6-15-18(12)26-8-7-25-15/h4-6,13,16H,3,7-9H2,1-2H3. The maximum absolute atomic E-state index is 12.7. The van der Waals surface area contributed by atoms with Crippen LogP contribution in [-0.2, 0) is 9.53 Å². The van der Waals surface area contributed by atoms with Gasteiger partial charge in [0.05, 0.1) is 35.7 Å². The Balaban J connectivity index is 2.21. The molecule has 0 N–H and O–H groups in total. The first-order chi connectivity index (χ1) is 12.6. The minimum absolute atomic E-state index is 0.0481. The van der Waals surface area contributed by atoms with Crippen LogP contribution in [0.4, 0.5) is 0 Å². The van der Waals surface area contributed by atoms with Gasteiger partial charge in [-0.05, 0) is 19.9 Å². The van der Waals surface area contributed by atoms with Crippen molar-refractivity contribution in [3.63, 3.8) is 0 Å². The SMILES string of the molecule is CCOC(=O)C1=C(CCl)N=C(C)C(C#N)C1c1cccc2c1OCCO2. The summed E-state index contributed by atoms with van der Waals surface area (Å²) in [5.41, 5.74) is 2.04. The van der Waals surface area contributed by atoms with Gasteiger partial charge in [0.25, 0.3) is 0 Å². The fourth-order valence-corrected chi connectivity index (χ4v) is 3.53. The Bertz CT molecular complexity index is 825. The van der Waals surface area contributed by atoms with Gasteiger partial charge in [0, 0.05) is 17.2 Å². The van der Waals surface area contributed by atoms with Crippen molar-refractivity contribution in [2.45, 2.75) is 19.8 Å². The minimum atomic E-state index is -0.626. The van der Waals surface area contributed by atoms with E-state index in [0.717, 1.165) is 0 Å². The van der Waals surface area contributed by atoms with Gasteiger partial charge in [-0.15, -0.1) is 11.6 Å². The Hall–Kier alpha value is -2.52. The molecule has 6 nitrogen and oxygen atoms in total. The first-order valence-electron chi connectivity index (χ1n) is 8.41. The van der Waals surface area contributed by atoms with Gasteiger partial charge in [-0.25, -0.2) is 4.79 Å². The molecule has 2 unspecified atom stereocenters. The summed E-state index contributed by atoms with van der Waals surface area (Å²) < 4.78 is 16.7. The minimum Gasteiger partial charge on any atom is -0.486 e. The summed E-state index contributed by atoms with van der Waals surface area (Å²) in [4.78, 5) is 17.1. The molecule has 26 heavy (non-hydrogen) atoms. The molecule has 2 atom stereocenters. The van der Waals surface area contributed by atoms with Crippen molar-refractivity contribution < 1.29 is 19.0 Å². The van der Waals surface area contributed by atoms with Gasteiger partial charge in [0.15, 0.2) is 11.5 Å². The van der Waals surface area contributed by atoms with Crippen LogP contribution in [0.1, 0.15) is 25.3 Å². The van der Waals surface area contributed by atoms with Gasteiger partial charge < -0.3 is 14.2 Å². The second-order valence-corrected chi connectivity index (χ2v) is 6.19. The number of hydrogen-bond acceptors (Lipinski definition) is 6. The Kier molecular flexibility index (Phi) is 5.48. The van der Waals surface area contributed by atoms with E-state index in [2.05, 4.69) is 11.1 Å². The molecule has 0 saturated carbocycles. The molecule has 2 heterocycles. The number of rotatable bonds is 4. The largest absolute Gasteiger partial charge is 0.486 e. The topological polar surface area (TPSA) is 80.9 Å². The van der Waals surface area contributed by atoms with E-state index in [1.807, 2.05) is 12.1 Å². The molecule has 136 valence electrons. The number of ether oxygens (including phenoxy) is 3. The van der Waals surface area contributed by atoms with Crippen molar-refractivity contribution in [1.82, 2.24) is 0 Å². The smallest absolute Gasteiger partial charge is 0.336 e. The van der Waals surface area contributed by atoms with Gasteiger partial charge >= 0.3 is 5.97 Å². The third-order valence-corrected chi connectivity index (χ3v) is 4.66. The van der Waals surface area contributed by atoms with Crippen LogP contribution in [0, 0.1) is 17.2 Å². The van der Waals surface area contributed by atoms with E-state index >= 15 is 0 Å². The third kappa shape index (κ3) is 3.15. The van der Waals surface area contributed by atoms with Crippen molar-refractivity contribution in [3.8, 4) is 17.6 Å². The zero-order valence-electron chi connectivity index (χ0n) is 14.6. The lowest BCUT2D eigenvalue weighted by molar-refractivity contribution is -0.139. The molecule has 0 aliphatic carbocycles. The van der Waals surface area contributed by atoms with Crippen LogP contribution in [0.3, 0.4) is 0 Å². The van der Waals surface area contributed by atoms with E-state index in [4.69, 9.17) is 25.8 Å². The normalized spacial score (nSPS) is 21.7. The van der Waals surface area contributed by atoms with Crippen molar-refractivity contribution in [2.24, 2.45) is 10.9 Å². The zero-order valence-corrected chi connectivity index (χ0v) is 15.4. The highest BCUT2D eigenvalue weighted by Crippen LogP contribution is 2.46. The number of nitrogens with zero attached hydrogens (tertiary/aromatic N) is 2. The number of para-hydroxylation sites is 1.